The Morgan fingerprint density at radius 3 is 1.85 bits per heavy atom. The lowest BCUT2D eigenvalue weighted by molar-refractivity contribution is 0.630. The molecule has 0 spiro atoms. The summed E-state index contributed by atoms with van der Waals surface area (Å²) in [5.74, 6) is -0.763. The van der Waals surface area contributed by atoms with Crippen molar-refractivity contribution in [3.63, 3.8) is 0 Å². The molecule has 0 saturated carbocycles. The van der Waals surface area contributed by atoms with Crippen LogP contribution < -0.4 is 0 Å². The van der Waals surface area contributed by atoms with Gasteiger partial charge in [-0.25, -0.2) is 9.24 Å². The Hall–Kier alpha value is -4.73. The molecule has 0 aliphatic carbocycles. The quantitative estimate of drug-likeness (QED) is 0.203. The number of hydrogen-bond donors (Lipinski definition) is 0. The van der Waals surface area contributed by atoms with Gasteiger partial charge in [-0.3, -0.25) is 0 Å². The molecule has 0 fully saturated rings. The van der Waals surface area contributed by atoms with E-state index in [0.717, 1.165) is 32.7 Å². The maximum absolute atomic E-state index is 14.4. The van der Waals surface area contributed by atoms with Gasteiger partial charge in [0, 0.05) is 0 Å². The highest BCUT2D eigenvalue weighted by Gasteiger charge is 2.17. The predicted molar refractivity (Wildman–Crippen MR) is 132 cm³/mol. The van der Waals surface area contributed by atoms with Crippen LogP contribution in [0.1, 0.15) is 5.56 Å². The summed E-state index contributed by atoms with van der Waals surface area (Å²) in [6, 6.07) is 32.1. The van der Waals surface area contributed by atoms with Crippen molar-refractivity contribution in [1.29, 1.82) is 5.26 Å². The van der Waals surface area contributed by atoms with Gasteiger partial charge in [-0.05, 0) is 66.7 Å². The molecule has 152 valence electrons. The maximum Gasteiger partial charge on any atom is 0.224 e. The Kier molecular flexibility index (Phi) is 4.12. The Labute approximate surface area is 189 Å². The van der Waals surface area contributed by atoms with E-state index in [1.54, 1.807) is 0 Å². The van der Waals surface area contributed by atoms with Crippen molar-refractivity contribution in [2.45, 2.75) is 0 Å². The van der Waals surface area contributed by atoms with Gasteiger partial charge in [0.05, 0.1) is 12.1 Å². The molecule has 0 N–H and O–H groups in total. The molecule has 0 aliphatic heterocycles. The van der Waals surface area contributed by atoms with Crippen molar-refractivity contribution in [2.24, 2.45) is 0 Å². The van der Waals surface area contributed by atoms with Crippen LogP contribution in [0, 0.1) is 23.7 Å². The zero-order chi connectivity index (χ0) is 22.5. The minimum atomic E-state index is -0.763. The molecule has 0 unspecified atom stereocenters. The Morgan fingerprint density at radius 1 is 0.697 bits per heavy atom. The summed E-state index contributed by atoms with van der Waals surface area (Å²) in [4.78, 5) is 3.30. The SMILES string of the molecule is [C-]#[N+]c1cc(-c2ccc3ccc4c(-c5ccccc5)ccc5ccc2c3c54)cc(C#N)c1F. The van der Waals surface area contributed by atoms with E-state index in [4.69, 9.17) is 6.57 Å². The topological polar surface area (TPSA) is 28.1 Å². The van der Waals surface area contributed by atoms with Crippen LogP contribution in [0.15, 0.2) is 91.0 Å². The first kappa shape index (κ1) is 19.0. The van der Waals surface area contributed by atoms with E-state index in [0.29, 0.717) is 5.56 Å². The molecule has 6 rings (SSSR count). The van der Waals surface area contributed by atoms with E-state index in [9.17, 15) is 9.65 Å². The molecule has 3 heteroatoms. The number of nitrogens with zero attached hydrogens (tertiary/aromatic N) is 2. The molecule has 0 aliphatic rings. The third-order valence-corrected chi connectivity index (χ3v) is 6.35. The van der Waals surface area contributed by atoms with Gasteiger partial charge in [-0.15, -0.1) is 0 Å². The minimum absolute atomic E-state index is 0.115. The van der Waals surface area contributed by atoms with Crippen LogP contribution in [0.3, 0.4) is 0 Å². The van der Waals surface area contributed by atoms with Crippen molar-refractivity contribution in [1.82, 2.24) is 0 Å². The average Bonchev–Trinajstić information content (AvgIpc) is 2.87. The lowest BCUT2D eigenvalue weighted by Gasteiger charge is -2.17. The lowest BCUT2D eigenvalue weighted by atomic mass is 9.87. The monoisotopic (exact) mass is 422 g/mol. The van der Waals surface area contributed by atoms with Gasteiger partial charge in [0.15, 0.2) is 0 Å². The van der Waals surface area contributed by atoms with E-state index in [-0.39, 0.29) is 11.3 Å². The van der Waals surface area contributed by atoms with E-state index in [1.165, 1.54) is 28.5 Å². The van der Waals surface area contributed by atoms with Crippen molar-refractivity contribution < 1.29 is 4.39 Å². The molecular weight excluding hydrogens is 407 g/mol. The van der Waals surface area contributed by atoms with Crippen LogP contribution in [0.25, 0.3) is 59.4 Å². The molecule has 0 amide bonds. The molecule has 0 saturated heterocycles. The number of nitriles is 1. The predicted octanol–water partition coefficient (Wildman–Crippen LogP) is 8.48. The molecule has 33 heavy (non-hydrogen) atoms. The summed E-state index contributed by atoms with van der Waals surface area (Å²) in [5, 5.41) is 16.2. The van der Waals surface area contributed by atoms with Crippen molar-refractivity contribution >= 4 is 38.0 Å². The van der Waals surface area contributed by atoms with E-state index in [2.05, 4.69) is 59.4 Å². The van der Waals surface area contributed by atoms with Crippen LogP contribution in [-0.2, 0) is 0 Å². The average molecular weight is 422 g/mol. The smallest absolute Gasteiger partial charge is 0.224 e. The zero-order valence-electron chi connectivity index (χ0n) is 17.4. The first-order chi connectivity index (χ1) is 16.2. The molecule has 0 aromatic heterocycles. The van der Waals surface area contributed by atoms with Gasteiger partial charge in [0.25, 0.3) is 0 Å². The standard InChI is InChI=1S/C30H15FN2/c1-33-27-16-21(15-22(17-32)30(27)31)24-12-8-20-9-13-25-23(18-5-3-2-4-6-18)11-7-19-10-14-26(24)29(20)28(19)25/h2-16H. The fourth-order valence-electron chi connectivity index (χ4n) is 4.85. The summed E-state index contributed by atoms with van der Waals surface area (Å²) in [7, 11) is 0. The maximum atomic E-state index is 14.4. The Morgan fingerprint density at radius 2 is 1.27 bits per heavy atom. The number of rotatable bonds is 2. The van der Waals surface area contributed by atoms with Crippen molar-refractivity contribution in [3.05, 3.63) is 114 Å². The number of benzene rings is 6. The van der Waals surface area contributed by atoms with Gasteiger partial charge in [0.1, 0.15) is 11.9 Å². The van der Waals surface area contributed by atoms with Crippen LogP contribution >= 0.6 is 0 Å². The first-order valence-electron chi connectivity index (χ1n) is 10.6. The molecule has 6 aromatic rings. The third kappa shape index (κ3) is 2.77. The van der Waals surface area contributed by atoms with E-state index in [1.807, 2.05) is 30.3 Å². The summed E-state index contributed by atoms with van der Waals surface area (Å²) < 4.78 is 14.4. The third-order valence-electron chi connectivity index (χ3n) is 6.35. The largest absolute Gasteiger partial charge is 0.235 e. The summed E-state index contributed by atoms with van der Waals surface area (Å²) >= 11 is 0. The molecule has 0 bridgehead atoms. The second-order valence-corrected chi connectivity index (χ2v) is 8.10. The fraction of sp³-hybridized carbons (Fsp3) is 0. The van der Waals surface area contributed by atoms with E-state index >= 15 is 0 Å². The Bertz CT molecular complexity index is 1750. The normalized spacial score (nSPS) is 11.1. The van der Waals surface area contributed by atoms with E-state index < -0.39 is 5.82 Å². The van der Waals surface area contributed by atoms with Crippen LogP contribution in [-0.4, -0.2) is 0 Å². The van der Waals surface area contributed by atoms with Gasteiger partial charge in [0.2, 0.25) is 5.69 Å². The van der Waals surface area contributed by atoms with Gasteiger partial charge >= 0.3 is 0 Å². The number of hydrogen-bond acceptors (Lipinski definition) is 1. The minimum Gasteiger partial charge on any atom is -0.235 e. The summed E-state index contributed by atoms with van der Waals surface area (Å²) in [5.41, 5.74) is 3.63. The van der Waals surface area contributed by atoms with Crippen molar-refractivity contribution in [2.75, 3.05) is 0 Å². The molecular formula is C30H15FN2. The summed E-state index contributed by atoms with van der Waals surface area (Å²) in [6.45, 7) is 7.33. The highest BCUT2D eigenvalue weighted by molar-refractivity contribution is 6.27. The summed E-state index contributed by atoms with van der Waals surface area (Å²) in [6.07, 6.45) is 0. The lowest BCUT2D eigenvalue weighted by Crippen LogP contribution is -1.91. The zero-order valence-corrected chi connectivity index (χ0v) is 17.4. The molecule has 0 heterocycles. The molecule has 0 atom stereocenters. The molecule has 2 nitrogen and oxygen atoms in total. The van der Waals surface area contributed by atoms with Crippen LogP contribution in [0.5, 0.6) is 0 Å². The highest BCUT2D eigenvalue weighted by atomic mass is 19.1. The first-order valence-corrected chi connectivity index (χ1v) is 10.6. The second kappa shape index (κ2) is 7.16. The van der Waals surface area contributed by atoms with Gasteiger partial charge in [-0.1, -0.05) is 78.9 Å². The second-order valence-electron chi connectivity index (χ2n) is 8.10. The van der Waals surface area contributed by atoms with Crippen LogP contribution in [0.4, 0.5) is 10.1 Å². The van der Waals surface area contributed by atoms with Gasteiger partial charge < -0.3 is 0 Å². The highest BCUT2D eigenvalue weighted by Crippen LogP contribution is 2.43. The van der Waals surface area contributed by atoms with Crippen molar-refractivity contribution in [3.8, 4) is 28.3 Å². The fourth-order valence-corrected chi connectivity index (χ4v) is 4.85. The van der Waals surface area contributed by atoms with Crippen LogP contribution in [0.2, 0.25) is 0 Å². The number of halogens is 1. The van der Waals surface area contributed by atoms with Gasteiger partial charge in [-0.2, -0.15) is 5.26 Å². The Balaban J connectivity index is 1.72. The molecule has 6 aromatic carbocycles. The molecule has 0 radical (unpaired) electrons.